The van der Waals surface area contributed by atoms with Gasteiger partial charge in [0, 0.05) is 12.6 Å². The van der Waals surface area contributed by atoms with E-state index >= 15 is 0 Å². The van der Waals surface area contributed by atoms with Crippen LogP contribution in [0.15, 0.2) is 91.1 Å². The lowest BCUT2D eigenvalue weighted by Gasteiger charge is -2.36. The number of carbonyl (C=O) groups excluding carboxylic acids is 1. The van der Waals surface area contributed by atoms with Gasteiger partial charge in [0.15, 0.2) is 5.75 Å². The number of nitrogens with one attached hydrogen (secondary N) is 2. The highest BCUT2D eigenvalue weighted by atomic mass is 35.5. The van der Waals surface area contributed by atoms with Crippen molar-refractivity contribution in [3.63, 3.8) is 0 Å². The van der Waals surface area contributed by atoms with Gasteiger partial charge < -0.3 is 25.2 Å². The lowest BCUT2D eigenvalue weighted by atomic mass is 9.80. The molecule has 0 radical (unpaired) electrons. The standard InChI is InChI=1S/C30H21ClF7N3O5/c31-20-10-12-24(39-16-20)28(15-17-5-2-1-3-6-17,19-7-4-8-21(14-19)45-29(34,35)26(32)33)41-27(44)40-22-11-9-18(25(42)43)13-23(22)46-30(36,37)38/h1-14,16,26H,15H2,(H,42,43)(H2,40,41,44)/t28-/m0/s1. The smallest absolute Gasteiger partial charge is 0.478 e. The second-order valence-corrected chi connectivity index (χ2v) is 10.0. The summed E-state index contributed by atoms with van der Waals surface area (Å²) in [4.78, 5) is 29.2. The Labute approximate surface area is 260 Å². The van der Waals surface area contributed by atoms with Crippen LogP contribution in [0.25, 0.3) is 0 Å². The maximum Gasteiger partial charge on any atom is 0.573 e. The summed E-state index contributed by atoms with van der Waals surface area (Å²) in [6.07, 6.45) is -13.3. The maximum atomic E-state index is 13.9. The van der Waals surface area contributed by atoms with Gasteiger partial charge in [0.1, 0.15) is 11.3 Å². The first kappa shape index (κ1) is 33.8. The quantitative estimate of drug-likeness (QED) is 0.140. The van der Waals surface area contributed by atoms with Crippen LogP contribution in [0.2, 0.25) is 5.02 Å². The molecule has 0 saturated carbocycles. The van der Waals surface area contributed by atoms with Gasteiger partial charge in [-0.3, -0.25) is 4.98 Å². The molecule has 1 atom stereocenters. The molecular weight excluding hydrogens is 651 g/mol. The molecule has 0 aliphatic rings. The number of halogens is 8. The third-order valence-electron chi connectivity index (χ3n) is 6.34. The first-order valence-electron chi connectivity index (χ1n) is 12.9. The Morgan fingerprint density at radius 2 is 1.61 bits per heavy atom. The second kappa shape index (κ2) is 13.5. The summed E-state index contributed by atoms with van der Waals surface area (Å²) >= 11 is 6.03. The zero-order valence-corrected chi connectivity index (χ0v) is 23.8. The maximum absolute atomic E-state index is 13.9. The van der Waals surface area contributed by atoms with Crippen molar-refractivity contribution in [2.75, 3.05) is 5.32 Å². The van der Waals surface area contributed by atoms with Gasteiger partial charge in [-0.25, -0.2) is 9.59 Å². The summed E-state index contributed by atoms with van der Waals surface area (Å²) in [6.45, 7) is 0. The number of carboxylic acids is 1. The Morgan fingerprint density at radius 3 is 2.22 bits per heavy atom. The molecule has 3 N–H and O–H groups in total. The molecule has 0 aliphatic carbocycles. The first-order chi connectivity index (χ1) is 21.6. The predicted octanol–water partition coefficient (Wildman–Crippen LogP) is 7.88. The van der Waals surface area contributed by atoms with Crippen LogP contribution in [-0.2, 0) is 12.0 Å². The summed E-state index contributed by atoms with van der Waals surface area (Å²) in [5.41, 5.74) is -2.45. The number of aromatic carboxylic acids is 1. The fourth-order valence-electron chi connectivity index (χ4n) is 4.39. The number of amides is 2. The van der Waals surface area contributed by atoms with Crippen LogP contribution in [0.4, 0.5) is 41.2 Å². The average Bonchev–Trinajstić information content (AvgIpc) is 2.97. The van der Waals surface area contributed by atoms with E-state index in [4.69, 9.17) is 11.6 Å². The van der Waals surface area contributed by atoms with Crippen LogP contribution >= 0.6 is 11.6 Å². The fraction of sp³-hybridized carbons (Fsp3) is 0.167. The molecule has 3 aromatic carbocycles. The van der Waals surface area contributed by atoms with Crippen LogP contribution < -0.4 is 20.1 Å². The zero-order chi connectivity index (χ0) is 33.7. The molecule has 242 valence electrons. The van der Waals surface area contributed by atoms with Gasteiger partial charge in [0.25, 0.3) is 0 Å². The SMILES string of the molecule is O=C(Nc1ccc(C(=O)O)cc1OC(F)(F)F)N[C@@](Cc1ccccc1)(c1cccc(OC(F)(F)C(F)F)c1)c1ccc(Cl)cn1. The van der Waals surface area contributed by atoms with Gasteiger partial charge in [-0.2, -0.15) is 17.6 Å². The Bertz CT molecular complexity index is 1690. The predicted molar refractivity (Wildman–Crippen MR) is 150 cm³/mol. The summed E-state index contributed by atoms with van der Waals surface area (Å²) in [7, 11) is 0. The molecule has 1 heterocycles. The number of carboxylic acid groups (broad SMARTS) is 1. The van der Waals surface area contributed by atoms with E-state index in [1.165, 1.54) is 30.5 Å². The number of hydrogen-bond donors (Lipinski definition) is 3. The van der Waals surface area contributed by atoms with Gasteiger partial charge in [0.2, 0.25) is 0 Å². The molecule has 0 aliphatic heterocycles. The van der Waals surface area contributed by atoms with E-state index in [9.17, 15) is 45.4 Å². The lowest BCUT2D eigenvalue weighted by molar-refractivity contribution is -0.274. The molecule has 0 spiro atoms. The Kier molecular flexibility index (Phi) is 9.95. The molecular formula is C30H21ClF7N3O5. The number of carbonyl (C=O) groups is 2. The molecule has 8 nitrogen and oxygen atoms in total. The summed E-state index contributed by atoms with van der Waals surface area (Å²) in [6, 6.07) is 16.7. The number of nitrogens with zero attached hydrogens (tertiary/aromatic N) is 1. The van der Waals surface area contributed by atoms with Gasteiger partial charge in [-0.05, 0) is 53.6 Å². The van der Waals surface area contributed by atoms with E-state index < -0.39 is 59.2 Å². The van der Waals surface area contributed by atoms with E-state index in [2.05, 4.69) is 25.1 Å². The number of hydrogen-bond acceptors (Lipinski definition) is 5. The Hall–Kier alpha value is -5.05. The van der Waals surface area contributed by atoms with E-state index in [1.807, 2.05) is 0 Å². The third kappa shape index (κ3) is 8.35. The van der Waals surface area contributed by atoms with E-state index in [-0.39, 0.29) is 22.7 Å². The van der Waals surface area contributed by atoms with Crippen molar-refractivity contribution in [3.05, 3.63) is 119 Å². The van der Waals surface area contributed by atoms with Crippen molar-refractivity contribution >= 4 is 29.3 Å². The molecule has 46 heavy (non-hydrogen) atoms. The molecule has 0 unspecified atom stereocenters. The topological polar surface area (TPSA) is 110 Å². The van der Waals surface area contributed by atoms with E-state index in [0.717, 1.165) is 24.3 Å². The summed E-state index contributed by atoms with van der Waals surface area (Å²) in [5, 5.41) is 14.2. The van der Waals surface area contributed by atoms with Crippen molar-refractivity contribution in [2.24, 2.45) is 0 Å². The largest absolute Gasteiger partial charge is 0.573 e. The van der Waals surface area contributed by atoms with Crippen molar-refractivity contribution in [1.29, 1.82) is 0 Å². The van der Waals surface area contributed by atoms with Gasteiger partial charge in [0.05, 0.1) is 22.0 Å². The third-order valence-corrected chi connectivity index (χ3v) is 6.56. The minimum atomic E-state index is -5.27. The first-order valence-corrected chi connectivity index (χ1v) is 13.3. The molecule has 0 bridgehead atoms. The number of urea groups is 1. The number of aromatic nitrogens is 1. The molecule has 1 aromatic heterocycles. The van der Waals surface area contributed by atoms with E-state index in [0.29, 0.717) is 11.6 Å². The number of ether oxygens (including phenoxy) is 2. The molecule has 4 aromatic rings. The van der Waals surface area contributed by atoms with Crippen LogP contribution in [0, 0.1) is 0 Å². The Morgan fingerprint density at radius 1 is 0.891 bits per heavy atom. The number of pyridine rings is 1. The Balaban J connectivity index is 1.85. The fourth-order valence-corrected chi connectivity index (χ4v) is 4.50. The monoisotopic (exact) mass is 671 g/mol. The number of rotatable bonds is 11. The molecule has 0 saturated heterocycles. The van der Waals surface area contributed by atoms with Crippen LogP contribution in [0.3, 0.4) is 0 Å². The molecule has 2 amide bonds. The second-order valence-electron chi connectivity index (χ2n) is 9.56. The highest BCUT2D eigenvalue weighted by Gasteiger charge is 2.45. The highest BCUT2D eigenvalue weighted by Crippen LogP contribution is 2.37. The number of anilines is 1. The van der Waals surface area contributed by atoms with Gasteiger partial charge in [-0.15, -0.1) is 13.2 Å². The summed E-state index contributed by atoms with van der Waals surface area (Å²) in [5.74, 6) is -3.33. The van der Waals surface area contributed by atoms with Gasteiger partial charge >= 0.3 is 30.9 Å². The number of benzene rings is 3. The molecule has 0 fully saturated rings. The minimum Gasteiger partial charge on any atom is -0.478 e. The average molecular weight is 672 g/mol. The van der Waals surface area contributed by atoms with Crippen molar-refractivity contribution in [2.45, 2.75) is 30.9 Å². The van der Waals surface area contributed by atoms with Crippen molar-refractivity contribution in [1.82, 2.24) is 10.3 Å². The molecule has 16 heteroatoms. The van der Waals surface area contributed by atoms with E-state index in [1.54, 1.807) is 30.3 Å². The highest BCUT2D eigenvalue weighted by molar-refractivity contribution is 6.30. The minimum absolute atomic E-state index is 0.0168. The van der Waals surface area contributed by atoms with Crippen LogP contribution in [0.1, 0.15) is 27.2 Å². The summed E-state index contributed by atoms with van der Waals surface area (Å²) < 4.78 is 101. The zero-order valence-electron chi connectivity index (χ0n) is 23.0. The van der Waals surface area contributed by atoms with Crippen LogP contribution in [-0.4, -0.2) is 41.0 Å². The number of alkyl halides is 7. The van der Waals surface area contributed by atoms with Gasteiger partial charge in [-0.1, -0.05) is 54.1 Å². The van der Waals surface area contributed by atoms with Crippen molar-refractivity contribution < 1.29 is 54.9 Å². The normalized spacial score (nSPS) is 13.1. The van der Waals surface area contributed by atoms with Crippen molar-refractivity contribution in [3.8, 4) is 11.5 Å². The molecule has 4 rings (SSSR count). The lowest BCUT2D eigenvalue weighted by Crippen LogP contribution is -2.50. The van der Waals surface area contributed by atoms with Crippen LogP contribution in [0.5, 0.6) is 11.5 Å².